The number of nitrogen functional groups attached to an aromatic ring is 1. The van der Waals surface area contributed by atoms with Crippen LogP contribution in [0.4, 0.5) is 11.9 Å². The molecule has 2 heterocycles. The molecular formula is C11H20N6OS. The number of hydrogen-bond acceptors (Lipinski definition) is 8. The van der Waals surface area contributed by atoms with Gasteiger partial charge >= 0.3 is 6.01 Å². The number of thioether (sulfide) groups is 1. The zero-order chi connectivity index (χ0) is 13.7. The van der Waals surface area contributed by atoms with Gasteiger partial charge in [0.1, 0.15) is 0 Å². The van der Waals surface area contributed by atoms with Crippen LogP contribution in [0.3, 0.4) is 0 Å². The quantitative estimate of drug-likeness (QED) is 0.530. The SMILES string of the molecule is CCOc1nc(NN)nc(NCC2(C)CCCS2)n1. The molecule has 0 aromatic carbocycles. The van der Waals surface area contributed by atoms with Gasteiger partial charge in [0.25, 0.3) is 0 Å². The summed E-state index contributed by atoms with van der Waals surface area (Å²) in [4.78, 5) is 12.4. The van der Waals surface area contributed by atoms with E-state index in [1.165, 1.54) is 18.6 Å². The molecule has 0 spiro atoms. The molecule has 2 rings (SSSR count). The van der Waals surface area contributed by atoms with Crippen LogP contribution < -0.4 is 21.3 Å². The first kappa shape index (κ1) is 14.1. The lowest BCUT2D eigenvalue weighted by Crippen LogP contribution is -2.28. The Labute approximate surface area is 117 Å². The van der Waals surface area contributed by atoms with Crippen LogP contribution in [0.25, 0.3) is 0 Å². The maximum absolute atomic E-state index is 5.34. The van der Waals surface area contributed by atoms with Gasteiger partial charge in [-0.05, 0) is 32.4 Å². The maximum Gasteiger partial charge on any atom is 0.323 e. The van der Waals surface area contributed by atoms with Gasteiger partial charge < -0.3 is 10.1 Å². The van der Waals surface area contributed by atoms with E-state index in [0.717, 1.165) is 6.54 Å². The number of nitrogens with two attached hydrogens (primary N) is 1. The normalized spacial score (nSPS) is 22.3. The third-order valence-electron chi connectivity index (χ3n) is 2.94. The second-order valence-corrected chi connectivity index (χ2v) is 6.28. The summed E-state index contributed by atoms with van der Waals surface area (Å²) in [5.74, 6) is 7.34. The fraction of sp³-hybridized carbons (Fsp3) is 0.727. The minimum Gasteiger partial charge on any atom is -0.464 e. The number of hydrogen-bond donors (Lipinski definition) is 3. The number of aromatic nitrogens is 3. The molecule has 0 radical (unpaired) electrons. The summed E-state index contributed by atoms with van der Waals surface area (Å²) in [5, 5.41) is 3.24. The zero-order valence-corrected chi connectivity index (χ0v) is 12.1. The number of nitrogens with zero attached hydrogens (tertiary/aromatic N) is 3. The highest BCUT2D eigenvalue weighted by atomic mass is 32.2. The van der Waals surface area contributed by atoms with Gasteiger partial charge in [0.2, 0.25) is 11.9 Å². The highest BCUT2D eigenvalue weighted by Crippen LogP contribution is 2.37. The van der Waals surface area contributed by atoms with Gasteiger partial charge in [-0.3, -0.25) is 5.43 Å². The van der Waals surface area contributed by atoms with Gasteiger partial charge in [0.15, 0.2) is 0 Å². The molecule has 1 unspecified atom stereocenters. The van der Waals surface area contributed by atoms with Crippen molar-refractivity contribution in [2.75, 3.05) is 29.6 Å². The fourth-order valence-electron chi connectivity index (χ4n) is 1.94. The first-order valence-electron chi connectivity index (χ1n) is 6.38. The molecule has 0 bridgehead atoms. The summed E-state index contributed by atoms with van der Waals surface area (Å²) in [5.41, 5.74) is 2.42. The smallest absolute Gasteiger partial charge is 0.323 e. The Balaban J connectivity index is 2.04. The van der Waals surface area contributed by atoms with Crippen LogP contribution in [0.5, 0.6) is 6.01 Å². The van der Waals surface area contributed by atoms with Crippen molar-refractivity contribution in [2.24, 2.45) is 5.84 Å². The first-order chi connectivity index (χ1) is 9.15. The van der Waals surface area contributed by atoms with Crippen LogP contribution in [0.15, 0.2) is 0 Å². The standard InChI is InChI=1S/C11H20N6OS/c1-3-18-10-15-8(14-9(16-10)17-12)13-7-11(2)5-4-6-19-11/h3-7,12H2,1-2H3,(H2,13,14,15,16,17). The van der Waals surface area contributed by atoms with Crippen molar-refractivity contribution in [3.63, 3.8) is 0 Å². The topological polar surface area (TPSA) is 98.0 Å². The largest absolute Gasteiger partial charge is 0.464 e. The average Bonchev–Trinajstić information content (AvgIpc) is 2.84. The number of ether oxygens (including phenoxy) is 1. The lowest BCUT2D eigenvalue weighted by molar-refractivity contribution is 0.312. The van der Waals surface area contributed by atoms with Gasteiger partial charge in [-0.25, -0.2) is 5.84 Å². The maximum atomic E-state index is 5.34. The van der Waals surface area contributed by atoms with Crippen molar-refractivity contribution in [2.45, 2.75) is 31.4 Å². The lowest BCUT2D eigenvalue weighted by Gasteiger charge is -2.22. The van der Waals surface area contributed by atoms with E-state index in [2.05, 4.69) is 32.6 Å². The monoisotopic (exact) mass is 284 g/mol. The molecule has 4 N–H and O–H groups in total. The molecule has 1 aromatic rings. The molecule has 0 aliphatic carbocycles. The Kier molecular flexibility index (Phi) is 4.65. The second kappa shape index (κ2) is 6.25. The van der Waals surface area contributed by atoms with Crippen LogP contribution in [-0.2, 0) is 0 Å². The third kappa shape index (κ3) is 3.84. The fourth-order valence-corrected chi connectivity index (χ4v) is 3.18. The molecular weight excluding hydrogens is 264 g/mol. The van der Waals surface area contributed by atoms with E-state index >= 15 is 0 Å². The Bertz CT molecular complexity index is 424. The molecule has 8 heteroatoms. The van der Waals surface area contributed by atoms with Crippen molar-refractivity contribution in [1.82, 2.24) is 15.0 Å². The molecule has 1 fully saturated rings. The molecule has 106 valence electrons. The third-order valence-corrected chi connectivity index (χ3v) is 4.48. The van der Waals surface area contributed by atoms with Crippen molar-refractivity contribution in [1.29, 1.82) is 0 Å². The van der Waals surface area contributed by atoms with Crippen LogP contribution in [0, 0.1) is 0 Å². The number of rotatable bonds is 6. The van der Waals surface area contributed by atoms with E-state index in [9.17, 15) is 0 Å². The highest BCUT2D eigenvalue weighted by molar-refractivity contribution is 8.00. The van der Waals surface area contributed by atoms with E-state index in [-0.39, 0.29) is 10.8 Å². The summed E-state index contributed by atoms with van der Waals surface area (Å²) in [7, 11) is 0. The van der Waals surface area contributed by atoms with Crippen molar-refractivity contribution >= 4 is 23.7 Å². The van der Waals surface area contributed by atoms with Crippen LogP contribution >= 0.6 is 11.8 Å². The Morgan fingerprint density at radius 2 is 2.16 bits per heavy atom. The van der Waals surface area contributed by atoms with E-state index < -0.39 is 0 Å². The van der Waals surface area contributed by atoms with Gasteiger partial charge in [-0.1, -0.05) is 0 Å². The Morgan fingerprint density at radius 3 is 2.79 bits per heavy atom. The van der Waals surface area contributed by atoms with Gasteiger partial charge in [-0.2, -0.15) is 26.7 Å². The molecule has 0 saturated carbocycles. The van der Waals surface area contributed by atoms with Crippen molar-refractivity contribution in [3.05, 3.63) is 0 Å². The number of nitrogens with one attached hydrogen (secondary N) is 2. The van der Waals surface area contributed by atoms with Crippen LogP contribution in [-0.4, -0.2) is 38.6 Å². The van der Waals surface area contributed by atoms with Crippen LogP contribution in [0.2, 0.25) is 0 Å². The zero-order valence-electron chi connectivity index (χ0n) is 11.3. The number of anilines is 2. The van der Waals surface area contributed by atoms with Gasteiger partial charge in [-0.15, -0.1) is 0 Å². The summed E-state index contributed by atoms with van der Waals surface area (Å²) in [6.45, 7) is 5.45. The lowest BCUT2D eigenvalue weighted by atomic mass is 10.1. The molecule has 7 nitrogen and oxygen atoms in total. The van der Waals surface area contributed by atoms with Crippen molar-refractivity contribution < 1.29 is 4.74 Å². The predicted molar refractivity (Wildman–Crippen MR) is 77.4 cm³/mol. The molecule has 0 amide bonds. The minimum absolute atomic E-state index is 0.245. The molecule has 1 saturated heterocycles. The molecule has 1 aliphatic heterocycles. The molecule has 1 atom stereocenters. The Hall–Kier alpha value is -1.28. The van der Waals surface area contributed by atoms with E-state index in [1.54, 1.807) is 0 Å². The number of hydrazine groups is 1. The van der Waals surface area contributed by atoms with Crippen molar-refractivity contribution in [3.8, 4) is 6.01 Å². The molecule has 1 aliphatic rings. The van der Waals surface area contributed by atoms with E-state index in [0.29, 0.717) is 18.5 Å². The van der Waals surface area contributed by atoms with Gasteiger partial charge in [0.05, 0.1) is 6.61 Å². The summed E-state index contributed by atoms with van der Waals surface area (Å²) >= 11 is 1.98. The highest BCUT2D eigenvalue weighted by Gasteiger charge is 2.29. The summed E-state index contributed by atoms with van der Waals surface area (Å²) in [6, 6.07) is 0.275. The minimum atomic E-state index is 0.245. The Morgan fingerprint density at radius 1 is 1.37 bits per heavy atom. The predicted octanol–water partition coefficient (Wildman–Crippen LogP) is 1.25. The van der Waals surface area contributed by atoms with E-state index in [1.807, 2.05) is 18.7 Å². The van der Waals surface area contributed by atoms with E-state index in [4.69, 9.17) is 10.6 Å². The first-order valence-corrected chi connectivity index (χ1v) is 7.37. The summed E-state index contributed by atoms with van der Waals surface area (Å²) < 4.78 is 5.53. The van der Waals surface area contributed by atoms with Gasteiger partial charge in [0, 0.05) is 11.3 Å². The molecule has 19 heavy (non-hydrogen) atoms. The second-order valence-electron chi connectivity index (χ2n) is 4.60. The summed E-state index contributed by atoms with van der Waals surface area (Å²) in [6.07, 6.45) is 2.47. The average molecular weight is 284 g/mol. The van der Waals surface area contributed by atoms with Crippen LogP contribution in [0.1, 0.15) is 26.7 Å². The molecule has 1 aromatic heterocycles.